The van der Waals surface area contributed by atoms with Crippen molar-refractivity contribution in [1.29, 1.82) is 0 Å². The van der Waals surface area contributed by atoms with Gasteiger partial charge in [-0.05, 0) is 45.1 Å². The van der Waals surface area contributed by atoms with Gasteiger partial charge in [0.2, 0.25) is 0 Å². The highest BCUT2D eigenvalue weighted by Crippen LogP contribution is 2.19. The molecule has 2 heterocycles. The van der Waals surface area contributed by atoms with Gasteiger partial charge < -0.3 is 0 Å². The minimum atomic E-state index is 0.490. The smallest absolute Gasteiger partial charge is 0.195 e. The Morgan fingerprint density at radius 3 is 2.65 bits per heavy atom. The summed E-state index contributed by atoms with van der Waals surface area (Å²) < 4.78 is 2.82. The number of hydrogen-bond donors (Lipinski definition) is 1. The van der Waals surface area contributed by atoms with Crippen LogP contribution in [-0.2, 0) is 6.54 Å². The largest absolute Gasteiger partial charge is 0.299 e. The van der Waals surface area contributed by atoms with Gasteiger partial charge in [-0.25, -0.2) is 0 Å². The van der Waals surface area contributed by atoms with E-state index in [0.29, 0.717) is 10.8 Å². The number of H-pyrrole nitrogens is 1. The molecular weight excluding hydrogens is 268 g/mol. The Bertz CT molecular complexity index is 610. The van der Waals surface area contributed by atoms with Gasteiger partial charge >= 0.3 is 0 Å². The van der Waals surface area contributed by atoms with Crippen molar-refractivity contribution in [2.24, 2.45) is 0 Å². The molecule has 0 amide bonds. The van der Waals surface area contributed by atoms with Crippen LogP contribution in [0.1, 0.15) is 19.8 Å². The monoisotopic (exact) mass is 288 g/mol. The van der Waals surface area contributed by atoms with Crippen molar-refractivity contribution in [1.82, 2.24) is 19.7 Å². The Balaban J connectivity index is 1.86. The molecule has 106 valence electrons. The predicted molar refractivity (Wildman–Crippen MR) is 83.1 cm³/mol. The maximum absolute atomic E-state index is 5.39. The molecule has 0 saturated carbocycles. The second-order valence-electron chi connectivity index (χ2n) is 5.42. The van der Waals surface area contributed by atoms with Crippen LogP contribution < -0.4 is 0 Å². The minimum Gasteiger partial charge on any atom is -0.299 e. The van der Waals surface area contributed by atoms with E-state index in [1.807, 2.05) is 18.2 Å². The van der Waals surface area contributed by atoms with Gasteiger partial charge in [0.15, 0.2) is 10.6 Å². The molecule has 4 nitrogen and oxygen atoms in total. The lowest BCUT2D eigenvalue weighted by Crippen LogP contribution is -2.33. The molecule has 0 bridgehead atoms. The predicted octanol–water partition coefficient (Wildman–Crippen LogP) is 3.09. The number of nitrogens with one attached hydrogen (secondary N) is 1. The molecule has 1 aromatic carbocycles. The van der Waals surface area contributed by atoms with Crippen LogP contribution in [0.25, 0.3) is 11.4 Å². The van der Waals surface area contributed by atoms with E-state index in [2.05, 4.69) is 38.7 Å². The summed E-state index contributed by atoms with van der Waals surface area (Å²) in [5.74, 6) is 0.932. The van der Waals surface area contributed by atoms with E-state index in [9.17, 15) is 0 Å². The molecule has 2 aromatic rings. The molecule has 1 aliphatic heterocycles. The summed E-state index contributed by atoms with van der Waals surface area (Å²) in [6.07, 6.45) is 2.62. The minimum absolute atomic E-state index is 0.490. The quantitative estimate of drug-likeness (QED) is 0.878. The van der Waals surface area contributed by atoms with Crippen LogP contribution in [0.4, 0.5) is 0 Å². The molecule has 1 atom stereocenters. The molecule has 1 fully saturated rings. The maximum atomic E-state index is 5.39. The SMILES string of the molecule is CC(Cn1c(-c2ccccc2)n[nH]c1=S)N1CCCC1. The number of aromatic amines is 1. The number of aromatic nitrogens is 3. The van der Waals surface area contributed by atoms with E-state index in [1.54, 1.807) is 0 Å². The summed E-state index contributed by atoms with van der Waals surface area (Å²) in [6, 6.07) is 10.7. The van der Waals surface area contributed by atoms with Crippen LogP contribution >= 0.6 is 12.2 Å². The van der Waals surface area contributed by atoms with Crippen molar-refractivity contribution in [2.75, 3.05) is 13.1 Å². The van der Waals surface area contributed by atoms with E-state index < -0.39 is 0 Å². The van der Waals surface area contributed by atoms with E-state index in [4.69, 9.17) is 12.2 Å². The lowest BCUT2D eigenvalue weighted by atomic mass is 10.2. The Morgan fingerprint density at radius 2 is 1.95 bits per heavy atom. The van der Waals surface area contributed by atoms with Gasteiger partial charge in [0.05, 0.1) is 0 Å². The molecule has 1 N–H and O–H groups in total. The molecule has 1 aliphatic rings. The van der Waals surface area contributed by atoms with E-state index >= 15 is 0 Å². The first-order chi connectivity index (χ1) is 9.75. The van der Waals surface area contributed by atoms with Crippen molar-refractivity contribution >= 4 is 12.2 Å². The third kappa shape index (κ3) is 2.69. The standard InChI is InChI=1S/C15H20N4S/c1-12(18-9-5-6-10-18)11-19-14(16-17-15(19)20)13-7-3-2-4-8-13/h2-4,7-8,12H,5-6,9-11H2,1H3,(H,17,20). The first-order valence-electron chi connectivity index (χ1n) is 7.20. The highest BCUT2D eigenvalue weighted by atomic mass is 32.1. The fraction of sp³-hybridized carbons (Fsp3) is 0.467. The molecule has 1 saturated heterocycles. The lowest BCUT2D eigenvalue weighted by Gasteiger charge is -2.24. The second kappa shape index (κ2) is 5.89. The summed E-state index contributed by atoms with van der Waals surface area (Å²) in [5, 5.41) is 7.32. The van der Waals surface area contributed by atoms with Crippen LogP contribution in [-0.4, -0.2) is 38.8 Å². The average Bonchev–Trinajstić information content (AvgIpc) is 3.11. The van der Waals surface area contributed by atoms with Gasteiger partial charge in [-0.2, -0.15) is 5.10 Å². The molecule has 20 heavy (non-hydrogen) atoms. The molecule has 0 radical (unpaired) electrons. The van der Waals surface area contributed by atoms with Crippen LogP contribution in [0.5, 0.6) is 0 Å². The number of benzene rings is 1. The first kappa shape index (κ1) is 13.5. The van der Waals surface area contributed by atoms with Crippen molar-refractivity contribution < 1.29 is 0 Å². The van der Waals surface area contributed by atoms with Gasteiger partial charge in [0, 0.05) is 18.2 Å². The zero-order chi connectivity index (χ0) is 13.9. The molecule has 0 spiro atoms. The number of nitrogens with zero attached hydrogens (tertiary/aromatic N) is 3. The Kier molecular flexibility index (Phi) is 3.98. The summed E-state index contributed by atoms with van der Waals surface area (Å²) >= 11 is 5.39. The molecular formula is C15H20N4S. The van der Waals surface area contributed by atoms with Gasteiger partial charge in [-0.1, -0.05) is 30.3 Å². The van der Waals surface area contributed by atoms with Crippen LogP contribution in [0.2, 0.25) is 0 Å². The zero-order valence-electron chi connectivity index (χ0n) is 11.7. The fourth-order valence-corrected chi connectivity index (χ4v) is 3.06. The van der Waals surface area contributed by atoms with Gasteiger partial charge in [-0.3, -0.25) is 14.6 Å². The van der Waals surface area contributed by atoms with Crippen LogP contribution in [0.15, 0.2) is 30.3 Å². The summed E-state index contributed by atoms with van der Waals surface area (Å²) in [6.45, 7) is 5.56. The van der Waals surface area contributed by atoms with Gasteiger partial charge in [0.1, 0.15) is 0 Å². The van der Waals surface area contributed by atoms with Crippen molar-refractivity contribution in [3.63, 3.8) is 0 Å². The fourth-order valence-electron chi connectivity index (χ4n) is 2.86. The Labute approximate surface area is 124 Å². The van der Waals surface area contributed by atoms with Gasteiger partial charge in [-0.15, -0.1) is 0 Å². The van der Waals surface area contributed by atoms with Gasteiger partial charge in [0.25, 0.3) is 0 Å². The Hall–Kier alpha value is -1.46. The third-order valence-electron chi connectivity index (χ3n) is 4.00. The van der Waals surface area contributed by atoms with Crippen LogP contribution in [0.3, 0.4) is 0 Å². The maximum Gasteiger partial charge on any atom is 0.195 e. The highest BCUT2D eigenvalue weighted by Gasteiger charge is 2.20. The molecule has 1 unspecified atom stereocenters. The molecule has 3 rings (SSSR count). The number of rotatable bonds is 4. The number of likely N-dealkylation sites (tertiary alicyclic amines) is 1. The molecule has 5 heteroatoms. The van der Waals surface area contributed by atoms with E-state index in [0.717, 1.165) is 17.9 Å². The highest BCUT2D eigenvalue weighted by molar-refractivity contribution is 7.71. The molecule has 0 aliphatic carbocycles. The summed E-state index contributed by atoms with van der Waals surface area (Å²) in [7, 11) is 0. The second-order valence-corrected chi connectivity index (χ2v) is 5.81. The van der Waals surface area contributed by atoms with Crippen LogP contribution in [0, 0.1) is 4.77 Å². The van der Waals surface area contributed by atoms with Crippen molar-refractivity contribution in [2.45, 2.75) is 32.4 Å². The normalized spacial score (nSPS) is 17.4. The summed E-state index contributed by atoms with van der Waals surface area (Å²) in [5.41, 5.74) is 1.11. The van der Waals surface area contributed by atoms with E-state index in [1.165, 1.54) is 25.9 Å². The van der Waals surface area contributed by atoms with Crippen molar-refractivity contribution in [3.8, 4) is 11.4 Å². The molecule has 1 aromatic heterocycles. The topological polar surface area (TPSA) is 36.9 Å². The zero-order valence-corrected chi connectivity index (χ0v) is 12.6. The third-order valence-corrected chi connectivity index (χ3v) is 4.31. The lowest BCUT2D eigenvalue weighted by molar-refractivity contribution is 0.235. The number of hydrogen-bond acceptors (Lipinski definition) is 3. The first-order valence-corrected chi connectivity index (χ1v) is 7.61. The Morgan fingerprint density at radius 1 is 1.25 bits per heavy atom. The average molecular weight is 288 g/mol. The van der Waals surface area contributed by atoms with E-state index in [-0.39, 0.29) is 0 Å². The van der Waals surface area contributed by atoms with Crippen molar-refractivity contribution in [3.05, 3.63) is 35.1 Å². The summed E-state index contributed by atoms with van der Waals surface area (Å²) in [4.78, 5) is 2.53.